The number of amides is 1. The second kappa shape index (κ2) is 8.51. The highest BCUT2D eigenvalue weighted by molar-refractivity contribution is 5.77. The molecule has 0 aliphatic carbocycles. The number of carbonyl (C=O) groups excluding carboxylic acids is 1. The maximum absolute atomic E-state index is 11.8. The Labute approximate surface area is 116 Å². The van der Waals surface area contributed by atoms with Crippen molar-refractivity contribution >= 4 is 5.91 Å². The van der Waals surface area contributed by atoms with Gasteiger partial charge in [0.1, 0.15) is 0 Å². The summed E-state index contributed by atoms with van der Waals surface area (Å²) in [4.78, 5) is 13.9. The molecule has 0 aromatic carbocycles. The summed E-state index contributed by atoms with van der Waals surface area (Å²) >= 11 is 0. The molecule has 5 nitrogen and oxygen atoms in total. The van der Waals surface area contributed by atoms with Gasteiger partial charge in [0, 0.05) is 26.2 Å². The summed E-state index contributed by atoms with van der Waals surface area (Å²) in [6.45, 7) is 11.6. The first-order valence-electron chi connectivity index (χ1n) is 7.23. The smallest absolute Gasteiger partial charge is 0.234 e. The van der Waals surface area contributed by atoms with Crippen molar-refractivity contribution in [1.29, 1.82) is 0 Å². The molecule has 1 rings (SSSR count). The van der Waals surface area contributed by atoms with Crippen molar-refractivity contribution in [2.75, 3.05) is 32.8 Å². The third-order valence-electron chi connectivity index (χ3n) is 2.96. The molecule has 1 amide bonds. The number of hydrogen-bond acceptors (Lipinski definition) is 4. The number of rotatable bonds is 7. The summed E-state index contributed by atoms with van der Waals surface area (Å²) in [5.74, 6) is 0.0887. The Balaban J connectivity index is 2.10. The van der Waals surface area contributed by atoms with Crippen LogP contribution in [0, 0.1) is 0 Å². The average molecular weight is 272 g/mol. The van der Waals surface area contributed by atoms with Crippen LogP contribution in [0.2, 0.25) is 0 Å². The molecular weight excluding hydrogens is 244 g/mol. The van der Waals surface area contributed by atoms with Crippen LogP contribution in [0.3, 0.4) is 0 Å². The Hall–Kier alpha value is -0.650. The SMILES string of the molecule is CC(C)OCCCNC(=O)CN1C[C@H](C)O[C@@H](C)C1. The van der Waals surface area contributed by atoms with Crippen LogP contribution < -0.4 is 5.32 Å². The van der Waals surface area contributed by atoms with Crippen molar-refractivity contribution in [3.05, 3.63) is 0 Å². The van der Waals surface area contributed by atoms with Crippen molar-refractivity contribution < 1.29 is 14.3 Å². The summed E-state index contributed by atoms with van der Waals surface area (Å²) in [7, 11) is 0. The van der Waals surface area contributed by atoms with E-state index in [-0.39, 0.29) is 24.2 Å². The van der Waals surface area contributed by atoms with Gasteiger partial charge in [-0.25, -0.2) is 0 Å². The highest BCUT2D eigenvalue weighted by atomic mass is 16.5. The van der Waals surface area contributed by atoms with Gasteiger partial charge in [0.25, 0.3) is 0 Å². The van der Waals surface area contributed by atoms with Gasteiger partial charge < -0.3 is 14.8 Å². The Kier molecular flexibility index (Phi) is 7.34. The van der Waals surface area contributed by atoms with Gasteiger partial charge in [-0.3, -0.25) is 9.69 Å². The lowest BCUT2D eigenvalue weighted by Gasteiger charge is -2.34. The van der Waals surface area contributed by atoms with E-state index >= 15 is 0 Å². The van der Waals surface area contributed by atoms with E-state index in [2.05, 4.69) is 10.2 Å². The minimum Gasteiger partial charge on any atom is -0.379 e. The molecule has 1 N–H and O–H groups in total. The first-order chi connectivity index (χ1) is 8.97. The van der Waals surface area contributed by atoms with Gasteiger partial charge in [0.15, 0.2) is 0 Å². The highest BCUT2D eigenvalue weighted by Gasteiger charge is 2.23. The van der Waals surface area contributed by atoms with Crippen LogP contribution in [-0.4, -0.2) is 61.9 Å². The largest absolute Gasteiger partial charge is 0.379 e. The fraction of sp³-hybridized carbons (Fsp3) is 0.929. The lowest BCUT2D eigenvalue weighted by atomic mass is 10.2. The molecule has 2 atom stereocenters. The molecular formula is C14H28N2O3. The first-order valence-corrected chi connectivity index (χ1v) is 7.23. The molecule has 0 unspecified atom stereocenters. The van der Waals surface area contributed by atoms with Crippen LogP contribution in [0.5, 0.6) is 0 Å². The fourth-order valence-corrected chi connectivity index (χ4v) is 2.29. The van der Waals surface area contributed by atoms with Gasteiger partial charge in [0.05, 0.1) is 24.9 Å². The Bertz CT molecular complexity index is 261. The standard InChI is InChI=1S/C14H28N2O3/c1-11(2)18-7-5-6-15-14(17)10-16-8-12(3)19-13(4)9-16/h11-13H,5-10H2,1-4H3,(H,15,17)/t12-,13-/m0/s1. The van der Waals surface area contributed by atoms with Crippen LogP contribution in [0.25, 0.3) is 0 Å². The molecule has 0 bridgehead atoms. The number of carbonyl (C=O) groups is 1. The van der Waals surface area contributed by atoms with E-state index in [9.17, 15) is 4.79 Å². The zero-order valence-corrected chi connectivity index (χ0v) is 12.6. The van der Waals surface area contributed by atoms with Gasteiger partial charge in [-0.15, -0.1) is 0 Å². The van der Waals surface area contributed by atoms with Crippen molar-refractivity contribution in [3.8, 4) is 0 Å². The van der Waals surface area contributed by atoms with Gasteiger partial charge in [-0.2, -0.15) is 0 Å². The third kappa shape index (κ3) is 7.50. The minimum atomic E-state index is 0.0887. The second-order valence-electron chi connectivity index (χ2n) is 5.57. The topological polar surface area (TPSA) is 50.8 Å². The lowest BCUT2D eigenvalue weighted by molar-refractivity contribution is -0.126. The van der Waals surface area contributed by atoms with Crippen molar-refractivity contribution in [1.82, 2.24) is 10.2 Å². The van der Waals surface area contributed by atoms with E-state index in [1.54, 1.807) is 0 Å². The van der Waals surface area contributed by atoms with Crippen LogP contribution >= 0.6 is 0 Å². The summed E-state index contributed by atoms with van der Waals surface area (Å²) < 4.78 is 11.1. The predicted molar refractivity (Wildman–Crippen MR) is 75.2 cm³/mol. The fourth-order valence-electron chi connectivity index (χ4n) is 2.29. The van der Waals surface area contributed by atoms with Crippen LogP contribution in [-0.2, 0) is 14.3 Å². The van der Waals surface area contributed by atoms with Gasteiger partial charge >= 0.3 is 0 Å². The van der Waals surface area contributed by atoms with E-state index in [0.29, 0.717) is 19.7 Å². The molecule has 1 saturated heterocycles. The number of morpholine rings is 1. The minimum absolute atomic E-state index is 0.0887. The van der Waals surface area contributed by atoms with Gasteiger partial charge in [-0.1, -0.05) is 0 Å². The molecule has 0 radical (unpaired) electrons. The second-order valence-corrected chi connectivity index (χ2v) is 5.57. The normalized spacial score (nSPS) is 24.7. The van der Waals surface area contributed by atoms with E-state index in [1.807, 2.05) is 27.7 Å². The predicted octanol–water partition coefficient (Wildman–Crippen LogP) is 1.03. The average Bonchev–Trinajstić information content (AvgIpc) is 2.26. The van der Waals surface area contributed by atoms with Crippen molar-refractivity contribution in [2.45, 2.75) is 52.4 Å². The summed E-state index contributed by atoms with van der Waals surface area (Å²) in [6.07, 6.45) is 1.53. The summed E-state index contributed by atoms with van der Waals surface area (Å²) in [6, 6.07) is 0. The Morgan fingerprint density at radius 3 is 2.58 bits per heavy atom. The lowest BCUT2D eigenvalue weighted by Crippen LogP contribution is -2.49. The van der Waals surface area contributed by atoms with Crippen molar-refractivity contribution in [2.24, 2.45) is 0 Å². The molecule has 0 aromatic rings. The maximum atomic E-state index is 11.8. The Morgan fingerprint density at radius 2 is 2.00 bits per heavy atom. The molecule has 5 heteroatoms. The first kappa shape index (κ1) is 16.4. The van der Waals surface area contributed by atoms with Crippen molar-refractivity contribution in [3.63, 3.8) is 0 Å². The van der Waals surface area contributed by atoms with Crippen LogP contribution in [0.1, 0.15) is 34.1 Å². The molecule has 1 aliphatic heterocycles. The zero-order chi connectivity index (χ0) is 14.3. The third-order valence-corrected chi connectivity index (χ3v) is 2.96. The van der Waals surface area contributed by atoms with E-state index in [0.717, 1.165) is 19.5 Å². The highest BCUT2D eigenvalue weighted by Crippen LogP contribution is 2.09. The number of nitrogens with one attached hydrogen (secondary N) is 1. The molecule has 112 valence electrons. The monoisotopic (exact) mass is 272 g/mol. The van der Waals surface area contributed by atoms with Crippen LogP contribution in [0.4, 0.5) is 0 Å². The number of nitrogens with zero attached hydrogens (tertiary/aromatic N) is 1. The van der Waals surface area contributed by atoms with Crippen LogP contribution in [0.15, 0.2) is 0 Å². The summed E-state index contributed by atoms with van der Waals surface area (Å²) in [5.41, 5.74) is 0. The van der Waals surface area contributed by atoms with E-state index in [4.69, 9.17) is 9.47 Å². The molecule has 1 heterocycles. The number of hydrogen-bond donors (Lipinski definition) is 1. The molecule has 19 heavy (non-hydrogen) atoms. The summed E-state index contributed by atoms with van der Waals surface area (Å²) in [5, 5.41) is 2.93. The van der Waals surface area contributed by atoms with E-state index in [1.165, 1.54) is 0 Å². The molecule has 0 spiro atoms. The molecule has 0 saturated carbocycles. The van der Waals surface area contributed by atoms with Gasteiger partial charge in [0.2, 0.25) is 5.91 Å². The molecule has 1 aliphatic rings. The quantitative estimate of drug-likeness (QED) is 0.703. The molecule has 0 aromatic heterocycles. The zero-order valence-electron chi connectivity index (χ0n) is 12.6. The molecule has 1 fully saturated rings. The number of ether oxygens (including phenoxy) is 2. The Morgan fingerprint density at radius 1 is 1.37 bits per heavy atom. The van der Waals surface area contributed by atoms with Gasteiger partial charge in [-0.05, 0) is 34.1 Å². The maximum Gasteiger partial charge on any atom is 0.234 e. The van der Waals surface area contributed by atoms with E-state index < -0.39 is 0 Å².